The molecule has 1 aromatic heterocycles. The molecule has 0 saturated carbocycles. The Kier molecular flexibility index (Phi) is 10.4. The molecular weight excluding hydrogens is 537 g/mol. The van der Waals surface area contributed by atoms with Gasteiger partial charge in [-0.25, -0.2) is 0 Å². The molecule has 4 N–H and O–H groups in total. The molecule has 0 fully saturated rings. The van der Waals surface area contributed by atoms with Crippen LogP contribution >= 0.6 is 12.4 Å². The van der Waals surface area contributed by atoms with Gasteiger partial charge in [-0.15, -0.1) is 12.4 Å². The van der Waals surface area contributed by atoms with Gasteiger partial charge in [-0.05, 0) is 41.3 Å². The van der Waals surface area contributed by atoms with Gasteiger partial charge in [0.1, 0.15) is 12.2 Å². The number of benzene rings is 2. The van der Waals surface area contributed by atoms with Crippen molar-refractivity contribution in [1.82, 2.24) is 9.88 Å². The molecule has 3 aromatic rings. The van der Waals surface area contributed by atoms with E-state index in [1.54, 1.807) is 54.6 Å². The summed E-state index contributed by atoms with van der Waals surface area (Å²) < 4.78 is 40.1. The molecule has 39 heavy (non-hydrogen) atoms. The number of nitrogen functional groups attached to an aromatic ring is 1. The number of carbonyl (C=O) groups excluding carboxylic acids is 3. The highest BCUT2D eigenvalue weighted by atomic mass is 35.5. The third kappa shape index (κ3) is 8.18. The van der Waals surface area contributed by atoms with Crippen LogP contribution in [0.5, 0.6) is 0 Å². The smallest absolute Gasteiger partial charge is 0.399 e. The van der Waals surface area contributed by atoms with Gasteiger partial charge in [-0.3, -0.25) is 23.7 Å². The number of nitrogens with one attached hydrogen (secondary N) is 2. The van der Waals surface area contributed by atoms with Crippen molar-refractivity contribution >= 4 is 41.4 Å². The zero-order valence-corrected chi connectivity index (χ0v) is 21.9. The summed E-state index contributed by atoms with van der Waals surface area (Å²) in [4.78, 5) is 50.6. The van der Waals surface area contributed by atoms with E-state index in [0.717, 1.165) is 4.57 Å². The molecule has 208 valence electrons. The highest BCUT2D eigenvalue weighted by molar-refractivity contribution is 5.93. The first-order chi connectivity index (χ1) is 17.9. The second-order valence-corrected chi connectivity index (χ2v) is 9.01. The lowest BCUT2D eigenvalue weighted by Crippen LogP contribution is -2.50. The van der Waals surface area contributed by atoms with Crippen LogP contribution in [0.15, 0.2) is 71.5 Å². The van der Waals surface area contributed by atoms with E-state index >= 15 is 0 Å². The molecule has 0 bridgehead atoms. The van der Waals surface area contributed by atoms with Gasteiger partial charge >= 0.3 is 6.18 Å². The van der Waals surface area contributed by atoms with E-state index in [4.69, 9.17) is 5.73 Å². The Morgan fingerprint density at radius 2 is 1.54 bits per heavy atom. The normalized spacial score (nSPS) is 11.8. The number of hydrogen-bond acceptors (Lipinski definition) is 5. The number of pyridine rings is 1. The molecule has 0 spiro atoms. The lowest BCUT2D eigenvalue weighted by atomic mass is 9.99. The second-order valence-electron chi connectivity index (χ2n) is 9.01. The number of nitrogens with two attached hydrogens (primary N) is 1. The molecular formula is C27H28ClF3N4O4. The van der Waals surface area contributed by atoms with Gasteiger partial charge < -0.3 is 16.4 Å². The fourth-order valence-corrected chi connectivity index (χ4v) is 3.78. The number of aromatic nitrogens is 1. The maximum Gasteiger partial charge on any atom is 0.452 e. The Morgan fingerprint density at radius 1 is 0.923 bits per heavy atom. The predicted octanol–water partition coefficient (Wildman–Crippen LogP) is 3.97. The topological polar surface area (TPSA) is 123 Å². The maximum atomic E-state index is 13.3. The molecule has 0 aliphatic heterocycles. The average Bonchev–Trinajstić information content (AvgIpc) is 2.86. The number of alkyl halides is 3. The van der Waals surface area contributed by atoms with E-state index in [-0.39, 0.29) is 24.5 Å². The predicted molar refractivity (Wildman–Crippen MR) is 144 cm³/mol. The van der Waals surface area contributed by atoms with Gasteiger partial charge in [0.2, 0.25) is 11.8 Å². The molecule has 3 rings (SSSR count). The quantitative estimate of drug-likeness (QED) is 0.339. The number of anilines is 2. The van der Waals surface area contributed by atoms with Crippen molar-refractivity contribution in [1.29, 1.82) is 0 Å². The Hall–Kier alpha value is -4.12. The summed E-state index contributed by atoms with van der Waals surface area (Å²) >= 11 is 0. The van der Waals surface area contributed by atoms with Crippen LogP contribution in [0.4, 0.5) is 24.5 Å². The van der Waals surface area contributed by atoms with Gasteiger partial charge in [0.25, 0.3) is 11.3 Å². The third-order valence-corrected chi connectivity index (χ3v) is 5.71. The summed E-state index contributed by atoms with van der Waals surface area (Å²) in [5, 5.41) is 4.63. The van der Waals surface area contributed by atoms with Gasteiger partial charge in [0, 0.05) is 5.69 Å². The number of Topliss-reactive ketones (excluding diaryl/α,β-unsaturated/α-hetero) is 1. The molecule has 1 heterocycles. The van der Waals surface area contributed by atoms with Gasteiger partial charge in [-0.1, -0.05) is 56.3 Å². The van der Waals surface area contributed by atoms with E-state index in [1.165, 1.54) is 26.0 Å². The molecule has 0 saturated heterocycles. The number of halogens is 4. The minimum absolute atomic E-state index is 0. The van der Waals surface area contributed by atoms with E-state index in [9.17, 15) is 32.3 Å². The van der Waals surface area contributed by atoms with Crippen LogP contribution in [0.2, 0.25) is 0 Å². The average molecular weight is 565 g/mol. The molecule has 1 unspecified atom stereocenters. The largest absolute Gasteiger partial charge is 0.452 e. The Labute approximate surface area is 228 Å². The number of carbonyl (C=O) groups is 3. The van der Waals surface area contributed by atoms with E-state index in [2.05, 4.69) is 10.6 Å². The summed E-state index contributed by atoms with van der Waals surface area (Å²) in [7, 11) is 0. The molecule has 0 radical (unpaired) electrons. The van der Waals surface area contributed by atoms with Crippen LogP contribution < -0.4 is 21.9 Å². The first-order valence-corrected chi connectivity index (χ1v) is 11.7. The van der Waals surface area contributed by atoms with Gasteiger partial charge in [0.15, 0.2) is 0 Å². The summed E-state index contributed by atoms with van der Waals surface area (Å²) in [5.74, 6) is -4.39. The summed E-state index contributed by atoms with van der Waals surface area (Å²) in [6.45, 7) is 2.06. The fraction of sp³-hybridized carbons (Fsp3) is 0.259. The van der Waals surface area contributed by atoms with Crippen molar-refractivity contribution in [3.63, 3.8) is 0 Å². The zero-order valence-electron chi connectivity index (χ0n) is 21.1. The van der Waals surface area contributed by atoms with E-state index < -0.39 is 47.8 Å². The summed E-state index contributed by atoms with van der Waals surface area (Å²) in [5.41, 5.74) is 6.84. The molecule has 2 amide bonds. The fourth-order valence-electron chi connectivity index (χ4n) is 3.78. The maximum absolute atomic E-state index is 13.3. The van der Waals surface area contributed by atoms with Crippen molar-refractivity contribution in [2.24, 2.45) is 5.92 Å². The number of nitrogens with zero attached hydrogens (tertiary/aromatic N) is 1. The van der Waals surface area contributed by atoms with Crippen LogP contribution in [0, 0.1) is 5.92 Å². The van der Waals surface area contributed by atoms with Crippen molar-refractivity contribution in [3.05, 3.63) is 82.6 Å². The number of ketones is 1. The minimum atomic E-state index is -5.14. The lowest BCUT2D eigenvalue weighted by Gasteiger charge is -2.23. The number of hydrogen-bond donors (Lipinski definition) is 3. The van der Waals surface area contributed by atoms with Crippen molar-refractivity contribution in [2.45, 2.75) is 39.0 Å². The minimum Gasteiger partial charge on any atom is -0.399 e. The third-order valence-electron chi connectivity index (χ3n) is 5.71. The highest BCUT2D eigenvalue weighted by Crippen LogP contribution is 2.22. The van der Waals surface area contributed by atoms with E-state index in [1.807, 2.05) is 0 Å². The lowest BCUT2D eigenvalue weighted by molar-refractivity contribution is -0.174. The summed E-state index contributed by atoms with van der Waals surface area (Å²) in [6.07, 6.45) is -5.18. The summed E-state index contributed by atoms with van der Waals surface area (Å²) in [6, 6.07) is 16.3. The highest BCUT2D eigenvalue weighted by Gasteiger charge is 2.45. The first-order valence-electron chi connectivity index (χ1n) is 11.7. The van der Waals surface area contributed by atoms with Crippen molar-refractivity contribution < 1.29 is 27.6 Å². The van der Waals surface area contributed by atoms with Crippen LogP contribution in [0.25, 0.3) is 11.3 Å². The zero-order chi connectivity index (χ0) is 28.0. The van der Waals surface area contributed by atoms with Crippen molar-refractivity contribution in [3.8, 4) is 11.3 Å². The van der Waals surface area contributed by atoms with Crippen LogP contribution in [0.3, 0.4) is 0 Å². The van der Waals surface area contributed by atoms with Crippen LogP contribution in [-0.2, 0) is 27.3 Å². The molecule has 1 atom stereocenters. The van der Waals surface area contributed by atoms with Gasteiger partial charge in [0.05, 0.1) is 18.2 Å². The molecule has 0 aliphatic carbocycles. The molecule has 2 aromatic carbocycles. The van der Waals surface area contributed by atoms with Crippen LogP contribution in [0.1, 0.15) is 19.4 Å². The van der Waals surface area contributed by atoms with Crippen molar-refractivity contribution in [2.75, 3.05) is 11.1 Å². The standard InChI is InChI=1S/C27H27F3N4O4.ClH/c1-16(2)24(25(37)27(28,29)30)33-23(36)15-34-21(18-6-4-3-5-7-18)13-12-20(26(34)38)32-22(35)14-17-8-10-19(31)11-9-17;/h3-13,16,24H,14-15,31H2,1-2H3,(H,32,35)(H,33,36);1H. The molecule has 0 aliphatic rings. The van der Waals surface area contributed by atoms with E-state index in [0.29, 0.717) is 22.5 Å². The first kappa shape index (κ1) is 31.1. The van der Waals surface area contributed by atoms with Crippen LogP contribution in [-0.4, -0.2) is 34.4 Å². The van der Waals surface area contributed by atoms with Gasteiger partial charge in [-0.2, -0.15) is 13.2 Å². The SMILES string of the molecule is CC(C)C(NC(=O)Cn1c(-c2ccccc2)ccc(NC(=O)Cc2ccc(N)cc2)c1=O)C(=O)C(F)(F)F.Cl. The number of rotatable bonds is 9. The monoisotopic (exact) mass is 564 g/mol. The second kappa shape index (κ2) is 13.1. The molecule has 8 nitrogen and oxygen atoms in total. The Balaban J connectivity index is 0.00000533. The Bertz CT molecular complexity index is 1370. The Morgan fingerprint density at radius 3 is 2.10 bits per heavy atom. The number of amides is 2. The molecule has 12 heteroatoms.